The maximum absolute atomic E-state index is 12.5. The number of aryl methyl sites for hydroxylation is 2. The minimum absolute atomic E-state index is 0.296. The molecule has 1 aliphatic rings. The van der Waals surface area contributed by atoms with E-state index in [4.69, 9.17) is 4.74 Å². The van der Waals surface area contributed by atoms with Crippen LogP contribution in [0, 0.1) is 13.8 Å². The lowest BCUT2D eigenvalue weighted by Crippen LogP contribution is -2.48. The molecule has 0 atom stereocenters. The normalized spacial score (nSPS) is 16.6. The van der Waals surface area contributed by atoms with Gasteiger partial charge in [-0.25, -0.2) is 13.1 Å². The monoisotopic (exact) mass is 396 g/mol. The third kappa shape index (κ3) is 6.19. The second-order valence-corrected chi connectivity index (χ2v) is 8.52. The standard InChI is InChI=1S/C19H32N4O3S/c1-5-26-17-8-12-23(13-9-17)19(20-4)21-10-11-22-27(24,25)18-14-15(2)6-7-16(18)3/h6-7,14,17,22H,5,8-13H2,1-4H3,(H,20,21). The first kappa shape index (κ1) is 21.7. The molecule has 2 rings (SSSR count). The van der Waals surface area contributed by atoms with Crippen LogP contribution in [-0.2, 0) is 14.8 Å². The van der Waals surface area contributed by atoms with Crippen LogP contribution in [0.1, 0.15) is 30.9 Å². The van der Waals surface area contributed by atoms with Gasteiger partial charge in [0, 0.05) is 39.8 Å². The van der Waals surface area contributed by atoms with E-state index in [1.807, 2.05) is 26.0 Å². The molecule has 27 heavy (non-hydrogen) atoms. The topological polar surface area (TPSA) is 83.0 Å². The Labute approximate surface area is 163 Å². The predicted octanol–water partition coefficient (Wildman–Crippen LogP) is 1.66. The van der Waals surface area contributed by atoms with Gasteiger partial charge >= 0.3 is 0 Å². The molecule has 1 aromatic carbocycles. The van der Waals surface area contributed by atoms with Crippen molar-refractivity contribution in [2.75, 3.05) is 39.8 Å². The average molecular weight is 397 g/mol. The fourth-order valence-corrected chi connectivity index (χ4v) is 4.60. The zero-order chi connectivity index (χ0) is 19.9. The highest BCUT2D eigenvalue weighted by Crippen LogP contribution is 2.16. The molecule has 0 unspecified atom stereocenters. The Morgan fingerprint density at radius 3 is 2.59 bits per heavy atom. The highest BCUT2D eigenvalue weighted by molar-refractivity contribution is 7.89. The van der Waals surface area contributed by atoms with Gasteiger partial charge in [-0.3, -0.25) is 4.99 Å². The van der Waals surface area contributed by atoms with Crippen molar-refractivity contribution in [3.63, 3.8) is 0 Å². The molecule has 0 spiro atoms. The number of sulfonamides is 1. The zero-order valence-corrected chi connectivity index (χ0v) is 17.6. The molecule has 1 aromatic rings. The Kier molecular flexibility index (Phi) is 8.07. The van der Waals surface area contributed by atoms with Crippen LogP contribution >= 0.6 is 0 Å². The predicted molar refractivity (Wildman–Crippen MR) is 109 cm³/mol. The number of aliphatic imine (C=N–C) groups is 1. The van der Waals surface area contributed by atoms with Crippen molar-refractivity contribution < 1.29 is 13.2 Å². The summed E-state index contributed by atoms with van der Waals surface area (Å²) in [4.78, 5) is 6.84. The lowest BCUT2D eigenvalue weighted by Gasteiger charge is -2.34. The number of piperidine rings is 1. The highest BCUT2D eigenvalue weighted by Gasteiger charge is 2.21. The van der Waals surface area contributed by atoms with Gasteiger partial charge in [-0.15, -0.1) is 0 Å². The summed E-state index contributed by atoms with van der Waals surface area (Å²) < 4.78 is 33.4. The van der Waals surface area contributed by atoms with Gasteiger partial charge in [-0.1, -0.05) is 12.1 Å². The third-order valence-corrected chi connectivity index (χ3v) is 6.29. The molecule has 0 amide bonds. The molecule has 0 aliphatic carbocycles. The van der Waals surface area contributed by atoms with E-state index in [0.29, 0.717) is 24.1 Å². The SMILES string of the molecule is CCOC1CCN(C(=NC)NCCNS(=O)(=O)c2cc(C)ccc2C)CC1. The van der Waals surface area contributed by atoms with Crippen molar-refractivity contribution in [1.29, 1.82) is 0 Å². The van der Waals surface area contributed by atoms with E-state index in [9.17, 15) is 8.42 Å². The third-order valence-electron chi connectivity index (χ3n) is 4.69. The van der Waals surface area contributed by atoms with E-state index in [2.05, 4.69) is 19.9 Å². The summed E-state index contributed by atoms with van der Waals surface area (Å²) in [5.74, 6) is 0.802. The molecule has 0 aromatic heterocycles. The number of nitrogens with one attached hydrogen (secondary N) is 2. The molecule has 1 fully saturated rings. The lowest BCUT2D eigenvalue weighted by atomic mass is 10.1. The second kappa shape index (κ2) is 10.1. The minimum atomic E-state index is -3.52. The van der Waals surface area contributed by atoms with E-state index < -0.39 is 10.0 Å². The van der Waals surface area contributed by atoms with Crippen molar-refractivity contribution in [3.05, 3.63) is 29.3 Å². The maximum Gasteiger partial charge on any atom is 0.240 e. The first-order valence-corrected chi connectivity index (χ1v) is 11.0. The maximum atomic E-state index is 12.5. The van der Waals surface area contributed by atoms with Crippen molar-refractivity contribution in [1.82, 2.24) is 14.9 Å². The molecule has 0 bridgehead atoms. The molecule has 1 heterocycles. The Morgan fingerprint density at radius 1 is 1.26 bits per heavy atom. The van der Waals surface area contributed by atoms with E-state index in [0.717, 1.165) is 49.6 Å². The van der Waals surface area contributed by atoms with Gasteiger partial charge in [0.2, 0.25) is 10.0 Å². The van der Waals surface area contributed by atoms with Crippen molar-refractivity contribution >= 4 is 16.0 Å². The van der Waals surface area contributed by atoms with Gasteiger partial charge in [-0.05, 0) is 50.8 Å². The molecule has 0 saturated carbocycles. The Morgan fingerprint density at radius 2 is 1.96 bits per heavy atom. The van der Waals surface area contributed by atoms with Crippen molar-refractivity contribution in [3.8, 4) is 0 Å². The van der Waals surface area contributed by atoms with Crippen molar-refractivity contribution in [2.24, 2.45) is 4.99 Å². The summed E-state index contributed by atoms with van der Waals surface area (Å²) in [5.41, 5.74) is 1.67. The van der Waals surface area contributed by atoms with Crippen LogP contribution < -0.4 is 10.0 Å². The number of benzene rings is 1. The summed E-state index contributed by atoms with van der Waals surface area (Å²) in [6.45, 7) is 9.01. The molecule has 152 valence electrons. The van der Waals surface area contributed by atoms with Gasteiger partial charge in [0.05, 0.1) is 11.0 Å². The Balaban J connectivity index is 1.82. The second-order valence-electron chi connectivity index (χ2n) is 6.78. The van der Waals surface area contributed by atoms with E-state index >= 15 is 0 Å². The van der Waals surface area contributed by atoms with E-state index in [-0.39, 0.29) is 0 Å². The number of nitrogens with zero attached hydrogens (tertiary/aromatic N) is 2. The number of hydrogen-bond acceptors (Lipinski definition) is 4. The molecule has 1 aliphatic heterocycles. The summed E-state index contributed by atoms with van der Waals surface area (Å²) >= 11 is 0. The largest absolute Gasteiger partial charge is 0.378 e. The van der Waals surface area contributed by atoms with Crippen LogP contribution in [0.5, 0.6) is 0 Å². The number of likely N-dealkylation sites (tertiary alicyclic amines) is 1. The van der Waals surface area contributed by atoms with E-state index in [1.54, 1.807) is 20.0 Å². The molecule has 0 radical (unpaired) electrons. The minimum Gasteiger partial charge on any atom is -0.378 e. The van der Waals surface area contributed by atoms with Crippen molar-refractivity contribution in [2.45, 2.75) is 44.6 Å². The van der Waals surface area contributed by atoms with Gasteiger partial charge in [0.15, 0.2) is 5.96 Å². The van der Waals surface area contributed by atoms with Gasteiger partial charge < -0.3 is 15.0 Å². The fourth-order valence-electron chi connectivity index (χ4n) is 3.24. The van der Waals surface area contributed by atoms with Crippen LogP contribution in [0.25, 0.3) is 0 Å². The fraction of sp³-hybridized carbons (Fsp3) is 0.632. The van der Waals surface area contributed by atoms with Crippen LogP contribution in [0.15, 0.2) is 28.1 Å². The summed E-state index contributed by atoms with van der Waals surface area (Å²) in [5, 5.41) is 3.24. The van der Waals surface area contributed by atoms with Crippen LogP contribution in [0.2, 0.25) is 0 Å². The molecule has 1 saturated heterocycles. The zero-order valence-electron chi connectivity index (χ0n) is 16.8. The summed E-state index contributed by atoms with van der Waals surface area (Å²) in [6.07, 6.45) is 2.29. The number of guanidine groups is 1. The summed E-state index contributed by atoms with van der Waals surface area (Å²) in [6, 6.07) is 5.44. The first-order chi connectivity index (χ1) is 12.9. The quantitative estimate of drug-likeness (QED) is 0.416. The average Bonchev–Trinajstić information content (AvgIpc) is 2.65. The van der Waals surface area contributed by atoms with Crippen LogP contribution in [0.4, 0.5) is 0 Å². The van der Waals surface area contributed by atoms with Gasteiger partial charge in [0.1, 0.15) is 0 Å². The molecule has 2 N–H and O–H groups in total. The molecule has 8 heteroatoms. The number of rotatable bonds is 7. The van der Waals surface area contributed by atoms with Crippen LogP contribution in [0.3, 0.4) is 0 Å². The number of hydrogen-bond donors (Lipinski definition) is 2. The Hall–Kier alpha value is -1.64. The molecular weight excluding hydrogens is 364 g/mol. The van der Waals surface area contributed by atoms with E-state index in [1.165, 1.54) is 0 Å². The molecular formula is C19H32N4O3S. The van der Waals surface area contributed by atoms with Gasteiger partial charge in [-0.2, -0.15) is 0 Å². The van der Waals surface area contributed by atoms with Gasteiger partial charge in [0.25, 0.3) is 0 Å². The van der Waals surface area contributed by atoms with Crippen LogP contribution in [-0.4, -0.2) is 65.2 Å². The molecule has 7 nitrogen and oxygen atoms in total. The number of ether oxygens (including phenoxy) is 1. The highest BCUT2D eigenvalue weighted by atomic mass is 32.2. The lowest BCUT2D eigenvalue weighted by molar-refractivity contribution is 0.0264. The smallest absolute Gasteiger partial charge is 0.240 e. The summed E-state index contributed by atoms with van der Waals surface area (Å²) in [7, 11) is -1.77. The first-order valence-electron chi connectivity index (χ1n) is 9.51. The Bertz CT molecular complexity index is 741.